The number of aliphatic hydroxyl groups excluding tert-OH is 1. The van der Waals surface area contributed by atoms with E-state index in [1.54, 1.807) is 6.07 Å². The molecule has 1 aromatic heterocycles. The van der Waals surface area contributed by atoms with E-state index in [4.69, 9.17) is 28.3 Å². The summed E-state index contributed by atoms with van der Waals surface area (Å²) in [6.07, 6.45) is 1.46. The van der Waals surface area contributed by atoms with Crippen LogP contribution in [0.4, 0.5) is 5.82 Å². The number of nitrogens with one attached hydrogen (secondary N) is 1. The number of nitrogens with zero attached hydrogens (tertiary/aromatic N) is 1. The number of pyridine rings is 1. The molecule has 0 aliphatic heterocycles. The molecule has 0 unspecified atom stereocenters. The van der Waals surface area contributed by atoms with E-state index in [2.05, 4.69) is 25.6 Å². The van der Waals surface area contributed by atoms with Crippen LogP contribution in [0, 0.1) is 0 Å². The lowest BCUT2D eigenvalue weighted by Gasteiger charge is -2.11. The highest BCUT2D eigenvalue weighted by Gasteiger charge is 2.20. The summed E-state index contributed by atoms with van der Waals surface area (Å²) < 4.78 is 27.7. The molecule has 0 bridgehead atoms. The maximum atomic E-state index is 12.3. The molecule has 2 aromatic rings. The van der Waals surface area contributed by atoms with Crippen molar-refractivity contribution in [3.8, 4) is 0 Å². The first-order valence-corrected chi connectivity index (χ1v) is 8.60. The molecular weight excluding hydrogens is 403 g/mol. The summed E-state index contributed by atoms with van der Waals surface area (Å²) in [5.41, 5.74) is 0.269. The van der Waals surface area contributed by atoms with Gasteiger partial charge in [0.15, 0.2) is 0 Å². The zero-order valence-corrected chi connectivity index (χ0v) is 14.3. The van der Waals surface area contributed by atoms with Gasteiger partial charge in [0.1, 0.15) is 10.7 Å². The minimum absolute atomic E-state index is 0.0400. The molecule has 1 aromatic carbocycles. The third-order valence-corrected chi connectivity index (χ3v) is 5.17. The van der Waals surface area contributed by atoms with Crippen LogP contribution < -0.4 is 4.72 Å². The van der Waals surface area contributed by atoms with Crippen LogP contribution in [0.1, 0.15) is 5.56 Å². The van der Waals surface area contributed by atoms with Gasteiger partial charge in [0, 0.05) is 15.7 Å². The molecule has 0 aliphatic carbocycles. The Labute approximate surface area is 140 Å². The highest BCUT2D eigenvalue weighted by molar-refractivity contribution is 9.10. The Morgan fingerprint density at radius 3 is 2.52 bits per heavy atom. The van der Waals surface area contributed by atoms with Crippen LogP contribution >= 0.6 is 39.1 Å². The average Bonchev–Trinajstić information content (AvgIpc) is 2.41. The van der Waals surface area contributed by atoms with Crippen molar-refractivity contribution in [1.29, 1.82) is 0 Å². The van der Waals surface area contributed by atoms with Gasteiger partial charge in [0.05, 0.1) is 11.6 Å². The maximum Gasteiger partial charge on any atom is 0.264 e. The second-order valence-corrected chi connectivity index (χ2v) is 7.38. The van der Waals surface area contributed by atoms with Gasteiger partial charge in [0.2, 0.25) is 0 Å². The molecule has 1 heterocycles. The molecule has 0 spiro atoms. The molecule has 112 valence electrons. The van der Waals surface area contributed by atoms with Crippen LogP contribution in [0.2, 0.25) is 10.0 Å². The summed E-state index contributed by atoms with van der Waals surface area (Å²) in [6.45, 7) is -0.394. The summed E-state index contributed by atoms with van der Waals surface area (Å²) in [5, 5.41) is 9.32. The van der Waals surface area contributed by atoms with Gasteiger partial charge in [-0.05, 0) is 45.8 Å². The van der Waals surface area contributed by atoms with Gasteiger partial charge in [-0.1, -0.05) is 23.2 Å². The van der Waals surface area contributed by atoms with E-state index in [9.17, 15) is 8.42 Å². The van der Waals surface area contributed by atoms with Crippen molar-refractivity contribution in [3.63, 3.8) is 0 Å². The Morgan fingerprint density at radius 2 is 1.95 bits per heavy atom. The summed E-state index contributed by atoms with van der Waals surface area (Å²) in [6, 6.07) is 5.65. The molecule has 0 atom stereocenters. The zero-order chi connectivity index (χ0) is 15.6. The smallest absolute Gasteiger partial charge is 0.264 e. The van der Waals surface area contributed by atoms with E-state index in [1.807, 2.05) is 0 Å². The highest BCUT2D eigenvalue weighted by Crippen LogP contribution is 2.29. The maximum absolute atomic E-state index is 12.3. The SMILES string of the molecule is O=S(=O)(Nc1ccc(Br)cn1)c1cc(CO)c(Cl)cc1Cl. The van der Waals surface area contributed by atoms with Gasteiger partial charge < -0.3 is 5.11 Å². The number of benzene rings is 1. The number of anilines is 1. The lowest BCUT2D eigenvalue weighted by molar-refractivity contribution is 0.281. The number of halogens is 3. The fourth-order valence-corrected chi connectivity index (χ4v) is 3.63. The Hall–Kier alpha value is -0.860. The molecular formula is C12H9BrCl2N2O3S. The number of hydrogen-bond donors (Lipinski definition) is 2. The Bertz CT molecular complexity index is 767. The van der Waals surface area contributed by atoms with Crippen molar-refractivity contribution < 1.29 is 13.5 Å². The second kappa shape index (κ2) is 6.50. The van der Waals surface area contributed by atoms with Crippen molar-refractivity contribution in [2.45, 2.75) is 11.5 Å². The van der Waals surface area contributed by atoms with Gasteiger partial charge in [-0.15, -0.1) is 0 Å². The molecule has 0 saturated heterocycles. The van der Waals surface area contributed by atoms with Crippen molar-refractivity contribution in [2.24, 2.45) is 0 Å². The normalized spacial score (nSPS) is 11.4. The van der Waals surface area contributed by atoms with E-state index in [0.717, 1.165) is 4.47 Å². The first-order valence-electron chi connectivity index (χ1n) is 5.56. The fourth-order valence-electron chi connectivity index (χ4n) is 1.53. The Morgan fingerprint density at radius 1 is 1.24 bits per heavy atom. The van der Waals surface area contributed by atoms with Crippen LogP contribution in [0.25, 0.3) is 0 Å². The fraction of sp³-hybridized carbons (Fsp3) is 0.0833. The summed E-state index contributed by atoms with van der Waals surface area (Å²) >= 11 is 15.0. The molecule has 0 amide bonds. The van der Waals surface area contributed by atoms with Gasteiger partial charge in [-0.25, -0.2) is 13.4 Å². The van der Waals surface area contributed by atoms with Gasteiger partial charge >= 0.3 is 0 Å². The zero-order valence-electron chi connectivity index (χ0n) is 10.3. The minimum Gasteiger partial charge on any atom is -0.392 e. The van der Waals surface area contributed by atoms with E-state index in [0.29, 0.717) is 0 Å². The predicted octanol–water partition coefficient (Wildman–Crippen LogP) is 3.44. The van der Waals surface area contributed by atoms with Crippen molar-refractivity contribution in [2.75, 3.05) is 4.72 Å². The number of aliphatic hydroxyl groups is 1. The number of sulfonamides is 1. The van der Waals surface area contributed by atoms with Crippen LogP contribution in [-0.2, 0) is 16.6 Å². The summed E-state index contributed by atoms with van der Waals surface area (Å²) in [4.78, 5) is 3.74. The van der Waals surface area contributed by atoms with E-state index >= 15 is 0 Å². The molecule has 9 heteroatoms. The number of aromatic nitrogens is 1. The van der Waals surface area contributed by atoms with E-state index < -0.39 is 16.6 Å². The lowest BCUT2D eigenvalue weighted by Crippen LogP contribution is -2.14. The first kappa shape index (κ1) is 16.5. The number of rotatable bonds is 4. The van der Waals surface area contributed by atoms with Crippen molar-refractivity contribution >= 4 is 55.0 Å². The minimum atomic E-state index is -3.94. The monoisotopic (exact) mass is 410 g/mol. The molecule has 0 fully saturated rings. The van der Waals surface area contributed by atoms with Gasteiger partial charge in [-0.3, -0.25) is 4.72 Å². The van der Waals surface area contributed by atoms with Crippen LogP contribution in [0.15, 0.2) is 39.8 Å². The van der Waals surface area contributed by atoms with Gasteiger partial charge in [-0.2, -0.15) is 0 Å². The molecule has 0 saturated carbocycles. The molecule has 2 rings (SSSR count). The quantitative estimate of drug-likeness (QED) is 0.807. The van der Waals surface area contributed by atoms with E-state index in [1.165, 1.54) is 24.4 Å². The third kappa shape index (κ3) is 3.87. The average molecular weight is 412 g/mol. The summed E-state index contributed by atoms with van der Waals surface area (Å²) in [7, 11) is -3.94. The van der Waals surface area contributed by atoms with Crippen LogP contribution in [0.5, 0.6) is 0 Å². The topological polar surface area (TPSA) is 79.3 Å². The molecule has 5 nitrogen and oxygen atoms in total. The standard InChI is InChI=1S/C12H9BrCl2N2O3S/c13-8-1-2-12(16-5-8)17-21(19,20)11-3-7(6-18)9(14)4-10(11)15/h1-5,18H,6H2,(H,16,17). The first-order chi connectivity index (χ1) is 9.83. The van der Waals surface area contributed by atoms with Crippen LogP contribution in [-0.4, -0.2) is 18.5 Å². The largest absolute Gasteiger partial charge is 0.392 e. The van der Waals surface area contributed by atoms with Crippen LogP contribution in [0.3, 0.4) is 0 Å². The Balaban J connectivity index is 2.42. The van der Waals surface area contributed by atoms with Gasteiger partial charge in [0.25, 0.3) is 10.0 Å². The number of hydrogen-bond acceptors (Lipinski definition) is 4. The molecule has 0 aliphatic rings. The molecule has 0 radical (unpaired) electrons. The van der Waals surface area contributed by atoms with Crippen molar-refractivity contribution in [3.05, 3.63) is 50.5 Å². The molecule has 21 heavy (non-hydrogen) atoms. The third-order valence-electron chi connectivity index (χ3n) is 2.53. The highest BCUT2D eigenvalue weighted by atomic mass is 79.9. The Kier molecular flexibility index (Phi) is 5.11. The predicted molar refractivity (Wildman–Crippen MR) is 85.1 cm³/mol. The second-order valence-electron chi connectivity index (χ2n) is 4.00. The summed E-state index contributed by atoms with van der Waals surface area (Å²) in [5.74, 6) is 0.148. The lowest BCUT2D eigenvalue weighted by atomic mass is 10.2. The van der Waals surface area contributed by atoms with E-state index in [-0.39, 0.29) is 26.3 Å². The van der Waals surface area contributed by atoms with Crippen molar-refractivity contribution in [1.82, 2.24) is 4.98 Å². The molecule has 2 N–H and O–H groups in total.